The highest BCUT2D eigenvalue weighted by Gasteiger charge is 2.29. The maximum atomic E-state index is 14.8. The first-order valence-corrected chi connectivity index (χ1v) is 10.7. The normalized spacial score (nSPS) is 13.8. The van der Waals surface area contributed by atoms with Gasteiger partial charge in [-0.15, -0.1) is 0 Å². The zero-order valence-electron chi connectivity index (χ0n) is 17.7. The summed E-state index contributed by atoms with van der Waals surface area (Å²) in [4.78, 5) is 28.5. The molecule has 0 bridgehead atoms. The lowest BCUT2D eigenvalue weighted by Gasteiger charge is -2.36. The van der Waals surface area contributed by atoms with Gasteiger partial charge in [-0.1, -0.05) is 41.9 Å². The molecule has 1 saturated heterocycles. The summed E-state index contributed by atoms with van der Waals surface area (Å²) in [5.41, 5.74) is 0.790. The van der Waals surface area contributed by atoms with Gasteiger partial charge in [-0.05, 0) is 36.8 Å². The van der Waals surface area contributed by atoms with Gasteiger partial charge >= 0.3 is 0 Å². The standard InChI is InChI=1S/C25H20ClF3N2O2/c1-15-13-19(28)23(29)21(22(15)26)25(33)31-11-9-30(10-12-31)20-8-7-17(14-18(20)27)24(32)16-5-3-2-4-6-16/h2-8,13-14H,9-12H2,1H3. The largest absolute Gasteiger partial charge is 0.366 e. The van der Waals surface area contributed by atoms with Crippen LogP contribution in [0.1, 0.15) is 31.8 Å². The lowest BCUT2D eigenvalue weighted by molar-refractivity contribution is 0.0740. The molecule has 3 aromatic carbocycles. The van der Waals surface area contributed by atoms with Crippen LogP contribution < -0.4 is 4.90 Å². The van der Waals surface area contributed by atoms with E-state index in [1.165, 1.54) is 24.0 Å². The van der Waals surface area contributed by atoms with Gasteiger partial charge in [0.05, 0.1) is 16.3 Å². The minimum Gasteiger partial charge on any atom is -0.366 e. The van der Waals surface area contributed by atoms with Crippen molar-refractivity contribution in [3.63, 3.8) is 0 Å². The van der Waals surface area contributed by atoms with Gasteiger partial charge in [0, 0.05) is 37.3 Å². The minimum atomic E-state index is -1.28. The molecule has 1 fully saturated rings. The Morgan fingerprint density at radius 3 is 2.15 bits per heavy atom. The van der Waals surface area contributed by atoms with Crippen LogP contribution in [0.4, 0.5) is 18.9 Å². The first kappa shape index (κ1) is 22.9. The first-order chi connectivity index (χ1) is 15.8. The molecule has 1 amide bonds. The fraction of sp³-hybridized carbons (Fsp3) is 0.200. The van der Waals surface area contributed by atoms with Gasteiger partial charge in [0.15, 0.2) is 17.4 Å². The lowest BCUT2D eigenvalue weighted by atomic mass is 10.0. The number of amides is 1. The van der Waals surface area contributed by atoms with Crippen LogP contribution in [0.25, 0.3) is 0 Å². The minimum absolute atomic E-state index is 0.119. The number of anilines is 1. The number of carbonyl (C=O) groups is 2. The van der Waals surface area contributed by atoms with E-state index >= 15 is 0 Å². The van der Waals surface area contributed by atoms with Crippen LogP contribution in [0.15, 0.2) is 54.6 Å². The predicted octanol–water partition coefficient (Wildman–Crippen LogP) is 5.26. The fourth-order valence-corrected chi connectivity index (χ4v) is 4.11. The van der Waals surface area contributed by atoms with Gasteiger partial charge in [0.1, 0.15) is 5.82 Å². The monoisotopic (exact) mass is 472 g/mol. The fourth-order valence-electron chi connectivity index (χ4n) is 3.89. The third-order valence-electron chi connectivity index (χ3n) is 5.71. The molecular formula is C25H20ClF3N2O2. The number of aryl methyl sites for hydroxylation is 1. The number of hydrogen-bond donors (Lipinski definition) is 0. The Kier molecular flexibility index (Phi) is 6.42. The molecule has 0 aliphatic carbocycles. The highest BCUT2D eigenvalue weighted by Crippen LogP contribution is 2.28. The lowest BCUT2D eigenvalue weighted by Crippen LogP contribution is -2.49. The molecule has 0 saturated carbocycles. The van der Waals surface area contributed by atoms with E-state index in [0.29, 0.717) is 11.3 Å². The van der Waals surface area contributed by atoms with Crippen LogP contribution in [0.5, 0.6) is 0 Å². The highest BCUT2D eigenvalue weighted by molar-refractivity contribution is 6.34. The topological polar surface area (TPSA) is 40.6 Å². The molecule has 1 aliphatic heterocycles. The molecule has 0 aromatic heterocycles. The second kappa shape index (κ2) is 9.27. The Morgan fingerprint density at radius 1 is 0.848 bits per heavy atom. The van der Waals surface area contributed by atoms with Crippen molar-refractivity contribution >= 4 is 29.0 Å². The summed E-state index contributed by atoms with van der Waals surface area (Å²) in [6, 6.07) is 13.9. The van der Waals surface area contributed by atoms with Gasteiger partial charge in [0.25, 0.3) is 5.91 Å². The van der Waals surface area contributed by atoms with Crippen molar-refractivity contribution in [1.82, 2.24) is 4.90 Å². The average molecular weight is 473 g/mol. The molecule has 4 rings (SSSR count). The summed E-state index contributed by atoms with van der Waals surface area (Å²) in [6.07, 6.45) is 0. The summed E-state index contributed by atoms with van der Waals surface area (Å²) in [5.74, 6) is -3.94. The van der Waals surface area contributed by atoms with Crippen LogP contribution in [0.3, 0.4) is 0 Å². The molecular weight excluding hydrogens is 453 g/mol. The van der Waals surface area contributed by atoms with E-state index in [1.54, 1.807) is 41.3 Å². The number of benzene rings is 3. The highest BCUT2D eigenvalue weighted by atomic mass is 35.5. The van der Waals surface area contributed by atoms with Crippen LogP contribution >= 0.6 is 11.6 Å². The average Bonchev–Trinajstić information content (AvgIpc) is 2.83. The van der Waals surface area contributed by atoms with Crippen molar-refractivity contribution in [2.24, 2.45) is 0 Å². The third kappa shape index (κ3) is 4.46. The van der Waals surface area contributed by atoms with E-state index < -0.39 is 28.9 Å². The Morgan fingerprint density at radius 2 is 1.52 bits per heavy atom. The van der Waals surface area contributed by atoms with E-state index in [-0.39, 0.29) is 48.1 Å². The molecule has 0 atom stereocenters. The number of carbonyl (C=O) groups excluding carboxylic acids is 2. The molecule has 0 radical (unpaired) electrons. The Labute approximate surface area is 194 Å². The van der Waals surface area contributed by atoms with Crippen molar-refractivity contribution in [2.45, 2.75) is 6.92 Å². The summed E-state index contributed by atoms with van der Waals surface area (Å²) < 4.78 is 42.9. The van der Waals surface area contributed by atoms with Crippen LogP contribution in [0, 0.1) is 24.4 Å². The summed E-state index contributed by atoms with van der Waals surface area (Å²) >= 11 is 6.07. The zero-order valence-corrected chi connectivity index (χ0v) is 18.5. The maximum Gasteiger partial charge on any atom is 0.258 e. The van der Waals surface area contributed by atoms with Gasteiger partial charge in [-0.2, -0.15) is 0 Å². The number of hydrogen-bond acceptors (Lipinski definition) is 3. The molecule has 170 valence electrons. The van der Waals surface area contributed by atoms with Gasteiger partial charge in [0.2, 0.25) is 0 Å². The van der Waals surface area contributed by atoms with E-state index in [2.05, 4.69) is 0 Å². The summed E-state index contributed by atoms with van der Waals surface area (Å²) in [7, 11) is 0. The van der Waals surface area contributed by atoms with Crippen LogP contribution in [0.2, 0.25) is 5.02 Å². The molecule has 3 aromatic rings. The zero-order chi connectivity index (χ0) is 23.7. The summed E-state index contributed by atoms with van der Waals surface area (Å²) in [5, 5.41) is -0.119. The van der Waals surface area contributed by atoms with E-state index in [1.807, 2.05) is 0 Å². The van der Waals surface area contributed by atoms with Crippen molar-refractivity contribution < 1.29 is 22.8 Å². The number of nitrogens with zero attached hydrogens (tertiary/aromatic N) is 2. The molecule has 33 heavy (non-hydrogen) atoms. The van der Waals surface area contributed by atoms with Crippen molar-refractivity contribution in [3.8, 4) is 0 Å². The van der Waals surface area contributed by atoms with Gasteiger partial charge in [-0.25, -0.2) is 13.2 Å². The molecule has 8 heteroatoms. The van der Waals surface area contributed by atoms with Gasteiger partial charge < -0.3 is 9.80 Å². The Hall–Kier alpha value is -3.32. The van der Waals surface area contributed by atoms with Crippen LogP contribution in [-0.4, -0.2) is 42.8 Å². The van der Waals surface area contributed by atoms with E-state index in [9.17, 15) is 22.8 Å². The molecule has 1 heterocycles. The van der Waals surface area contributed by atoms with E-state index in [4.69, 9.17) is 11.6 Å². The quantitative estimate of drug-likeness (QED) is 0.384. The van der Waals surface area contributed by atoms with Crippen LogP contribution in [-0.2, 0) is 0 Å². The van der Waals surface area contributed by atoms with Gasteiger partial charge in [-0.3, -0.25) is 9.59 Å². The molecule has 0 N–H and O–H groups in total. The van der Waals surface area contributed by atoms with Crippen molar-refractivity contribution in [2.75, 3.05) is 31.1 Å². The predicted molar refractivity (Wildman–Crippen MR) is 120 cm³/mol. The maximum absolute atomic E-state index is 14.8. The Balaban J connectivity index is 1.47. The molecule has 1 aliphatic rings. The molecule has 0 unspecified atom stereocenters. The first-order valence-electron chi connectivity index (χ1n) is 10.4. The van der Waals surface area contributed by atoms with Crippen molar-refractivity contribution in [1.29, 1.82) is 0 Å². The number of ketones is 1. The van der Waals surface area contributed by atoms with E-state index in [0.717, 1.165) is 6.07 Å². The molecule has 4 nitrogen and oxygen atoms in total. The smallest absolute Gasteiger partial charge is 0.258 e. The molecule has 0 spiro atoms. The number of rotatable bonds is 4. The van der Waals surface area contributed by atoms with Crippen molar-refractivity contribution in [3.05, 3.63) is 99.3 Å². The summed E-state index contributed by atoms with van der Waals surface area (Å²) in [6.45, 7) is 2.40. The second-order valence-electron chi connectivity index (χ2n) is 7.82. The Bertz CT molecular complexity index is 1200. The number of halogens is 4. The SMILES string of the molecule is Cc1cc(F)c(F)c(C(=O)N2CCN(c3ccc(C(=O)c4ccccc4)cc3F)CC2)c1Cl. The third-order valence-corrected chi connectivity index (χ3v) is 6.19. The number of piperazine rings is 1. The second-order valence-corrected chi connectivity index (χ2v) is 8.20.